The summed E-state index contributed by atoms with van der Waals surface area (Å²) < 4.78 is 4.66. The van der Waals surface area contributed by atoms with Gasteiger partial charge >= 0.3 is 0 Å². The summed E-state index contributed by atoms with van der Waals surface area (Å²) >= 11 is 0. The first-order valence-corrected chi connectivity index (χ1v) is 3.67. The highest BCUT2D eigenvalue weighted by Crippen LogP contribution is 2.03. The van der Waals surface area contributed by atoms with Crippen LogP contribution in [0.4, 0.5) is 5.69 Å². The van der Waals surface area contributed by atoms with E-state index in [1.54, 1.807) is 0 Å². The predicted molar refractivity (Wildman–Crippen MR) is 46.9 cm³/mol. The molecule has 1 aromatic carbocycles. The lowest BCUT2D eigenvalue weighted by Crippen LogP contribution is -2.16. The monoisotopic (exact) mass is 165 g/mol. The van der Waals surface area contributed by atoms with Crippen molar-refractivity contribution in [3.05, 3.63) is 30.3 Å². The highest BCUT2D eigenvalue weighted by atomic mass is 16.5. The Balaban J connectivity index is 2.47. The average molecular weight is 165 g/mol. The lowest BCUT2D eigenvalue weighted by molar-refractivity contribution is -0.119. The topological polar surface area (TPSA) is 38.3 Å². The summed E-state index contributed by atoms with van der Waals surface area (Å²) in [4.78, 5) is 11.0. The first kappa shape index (κ1) is 8.74. The van der Waals surface area contributed by atoms with Gasteiger partial charge in [-0.3, -0.25) is 4.79 Å². The van der Waals surface area contributed by atoms with Crippen LogP contribution in [0.25, 0.3) is 0 Å². The Hall–Kier alpha value is -1.35. The second-order valence-corrected chi connectivity index (χ2v) is 2.35. The van der Waals surface area contributed by atoms with E-state index in [9.17, 15) is 4.79 Å². The number of para-hydroxylation sites is 1. The van der Waals surface area contributed by atoms with E-state index in [0.717, 1.165) is 5.69 Å². The molecule has 0 fully saturated rings. The number of methoxy groups -OCH3 is 1. The molecule has 3 heteroatoms. The fourth-order valence-corrected chi connectivity index (χ4v) is 0.850. The van der Waals surface area contributed by atoms with Gasteiger partial charge in [0, 0.05) is 12.8 Å². The zero-order chi connectivity index (χ0) is 8.81. The molecule has 1 aromatic rings. The van der Waals surface area contributed by atoms with Crippen molar-refractivity contribution < 1.29 is 9.53 Å². The molecule has 0 saturated carbocycles. The highest BCUT2D eigenvalue weighted by molar-refractivity contribution is 5.91. The van der Waals surface area contributed by atoms with Gasteiger partial charge in [-0.1, -0.05) is 18.2 Å². The molecular weight excluding hydrogens is 154 g/mol. The lowest BCUT2D eigenvalue weighted by Gasteiger charge is -2.02. The van der Waals surface area contributed by atoms with Gasteiger partial charge in [0.05, 0.1) is 0 Å². The number of ether oxygens (including phenoxy) is 1. The molecule has 0 atom stereocenters. The van der Waals surface area contributed by atoms with Gasteiger partial charge in [-0.15, -0.1) is 0 Å². The number of carbonyl (C=O) groups is 1. The van der Waals surface area contributed by atoms with Gasteiger partial charge in [0.15, 0.2) is 0 Å². The number of amides is 1. The summed E-state index contributed by atoms with van der Waals surface area (Å²) in [7, 11) is 1.49. The molecule has 0 unspecified atom stereocenters. The Morgan fingerprint density at radius 3 is 2.67 bits per heavy atom. The quantitative estimate of drug-likeness (QED) is 0.732. The number of rotatable bonds is 3. The van der Waals surface area contributed by atoms with Crippen LogP contribution < -0.4 is 5.32 Å². The van der Waals surface area contributed by atoms with E-state index in [1.165, 1.54) is 7.11 Å². The van der Waals surface area contributed by atoms with Gasteiger partial charge in [-0.2, -0.15) is 0 Å². The minimum absolute atomic E-state index is 0.0922. The van der Waals surface area contributed by atoms with E-state index in [-0.39, 0.29) is 12.5 Å². The normalized spacial score (nSPS) is 9.42. The van der Waals surface area contributed by atoms with Crippen LogP contribution in [-0.4, -0.2) is 19.6 Å². The molecule has 0 aliphatic rings. The van der Waals surface area contributed by atoms with E-state index in [2.05, 4.69) is 10.1 Å². The van der Waals surface area contributed by atoms with Crippen LogP contribution >= 0.6 is 0 Å². The molecule has 0 aliphatic carbocycles. The molecule has 1 amide bonds. The summed E-state index contributed by atoms with van der Waals surface area (Å²) in [5, 5.41) is 2.68. The zero-order valence-corrected chi connectivity index (χ0v) is 6.91. The minimum Gasteiger partial charge on any atom is -0.375 e. The smallest absolute Gasteiger partial charge is 0.250 e. The SMILES string of the molecule is COCC(=O)Nc1ccccc1. The van der Waals surface area contributed by atoms with Crippen molar-refractivity contribution >= 4 is 11.6 Å². The molecule has 0 aliphatic heterocycles. The van der Waals surface area contributed by atoms with Crippen LogP contribution in [0.3, 0.4) is 0 Å². The second kappa shape index (κ2) is 4.51. The minimum atomic E-state index is -0.135. The first-order valence-electron chi connectivity index (χ1n) is 3.67. The molecule has 0 heterocycles. The second-order valence-electron chi connectivity index (χ2n) is 2.35. The number of hydrogen-bond acceptors (Lipinski definition) is 2. The molecule has 0 bridgehead atoms. The molecule has 3 nitrogen and oxygen atoms in total. The van der Waals surface area contributed by atoms with Gasteiger partial charge in [0.1, 0.15) is 6.61 Å². The van der Waals surface area contributed by atoms with Crippen molar-refractivity contribution in [1.29, 1.82) is 0 Å². The van der Waals surface area contributed by atoms with Crippen molar-refractivity contribution in [3.8, 4) is 0 Å². The van der Waals surface area contributed by atoms with E-state index in [4.69, 9.17) is 0 Å². The van der Waals surface area contributed by atoms with Crippen molar-refractivity contribution in [2.75, 3.05) is 19.0 Å². The average Bonchev–Trinajstić information content (AvgIpc) is 2.06. The Morgan fingerprint density at radius 2 is 2.08 bits per heavy atom. The van der Waals surface area contributed by atoms with Gasteiger partial charge in [0.2, 0.25) is 5.91 Å². The summed E-state index contributed by atoms with van der Waals surface area (Å²) in [5.74, 6) is -0.135. The van der Waals surface area contributed by atoms with Crippen molar-refractivity contribution in [2.45, 2.75) is 0 Å². The molecule has 64 valence electrons. The Morgan fingerprint density at radius 1 is 1.42 bits per heavy atom. The summed E-state index contributed by atoms with van der Waals surface area (Å²) in [5.41, 5.74) is 0.791. The fourth-order valence-electron chi connectivity index (χ4n) is 0.850. The number of benzene rings is 1. The van der Waals surface area contributed by atoms with E-state index in [0.29, 0.717) is 0 Å². The molecule has 1 rings (SSSR count). The van der Waals surface area contributed by atoms with E-state index >= 15 is 0 Å². The standard InChI is InChI=1S/C9H11NO2/c1-12-7-9(11)10-8-5-3-2-4-6-8/h2-6H,7H2,1H3,(H,10,11). The Labute approximate surface area is 71.4 Å². The van der Waals surface area contributed by atoms with Crippen molar-refractivity contribution in [3.63, 3.8) is 0 Å². The summed E-state index contributed by atoms with van der Waals surface area (Å²) in [6, 6.07) is 9.28. The summed E-state index contributed by atoms with van der Waals surface area (Å²) in [6.45, 7) is 0.0922. The van der Waals surface area contributed by atoms with Crippen LogP contribution in [0, 0.1) is 0 Å². The number of carbonyl (C=O) groups excluding carboxylic acids is 1. The van der Waals surface area contributed by atoms with Crippen LogP contribution in [0.15, 0.2) is 30.3 Å². The van der Waals surface area contributed by atoms with Gasteiger partial charge in [0.25, 0.3) is 0 Å². The molecule has 0 saturated heterocycles. The molecule has 1 N–H and O–H groups in total. The third-order valence-electron chi connectivity index (χ3n) is 1.33. The molecular formula is C9H11NO2. The van der Waals surface area contributed by atoms with Gasteiger partial charge in [-0.05, 0) is 12.1 Å². The van der Waals surface area contributed by atoms with Crippen molar-refractivity contribution in [2.24, 2.45) is 0 Å². The Bertz CT molecular complexity index is 246. The highest BCUT2D eigenvalue weighted by Gasteiger charge is 1.98. The number of nitrogens with one attached hydrogen (secondary N) is 1. The zero-order valence-electron chi connectivity index (χ0n) is 6.91. The van der Waals surface area contributed by atoms with Crippen LogP contribution in [0.2, 0.25) is 0 Å². The van der Waals surface area contributed by atoms with Crippen LogP contribution in [0.1, 0.15) is 0 Å². The maximum absolute atomic E-state index is 11.0. The van der Waals surface area contributed by atoms with E-state index < -0.39 is 0 Å². The van der Waals surface area contributed by atoms with Gasteiger partial charge < -0.3 is 10.1 Å². The maximum Gasteiger partial charge on any atom is 0.250 e. The summed E-state index contributed by atoms with van der Waals surface area (Å²) in [6.07, 6.45) is 0. The lowest BCUT2D eigenvalue weighted by atomic mass is 10.3. The predicted octanol–water partition coefficient (Wildman–Crippen LogP) is 1.27. The van der Waals surface area contributed by atoms with Crippen molar-refractivity contribution in [1.82, 2.24) is 0 Å². The maximum atomic E-state index is 11.0. The Kier molecular flexibility index (Phi) is 3.29. The van der Waals surface area contributed by atoms with Crippen LogP contribution in [-0.2, 0) is 9.53 Å². The number of hydrogen-bond donors (Lipinski definition) is 1. The van der Waals surface area contributed by atoms with E-state index in [1.807, 2.05) is 30.3 Å². The molecule has 12 heavy (non-hydrogen) atoms. The third kappa shape index (κ3) is 2.72. The van der Waals surface area contributed by atoms with Gasteiger partial charge in [-0.25, -0.2) is 0 Å². The fraction of sp³-hybridized carbons (Fsp3) is 0.222. The molecule has 0 aromatic heterocycles. The largest absolute Gasteiger partial charge is 0.375 e. The molecule has 0 spiro atoms. The number of anilines is 1. The first-order chi connectivity index (χ1) is 5.83. The third-order valence-corrected chi connectivity index (χ3v) is 1.33. The van der Waals surface area contributed by atoms with Crippen LogP contribution in [0.5, 0.6) is 0 Å². The molecule has 0 radical (unpaired) electrons.